The molecular weight excluding hydrogens is 378 g/mol. The van der Waals surface area contributed by atoms with E-state index in [1.165, 1.54) is 19.9 Å². The van der Waals surface area contributed by atoms with Gasteiger partial charge in [-0.3, -0.25) is 14.4 Å². The highest BCUT2D eigenvalue weighted by Gasteiger charge is 2.16. The number of halogens is 1. The van der Waals surface area contributed by atoms with Gasteiger partial charge in [0.25, 0.3) is 5.97 Å². The van der Waals surface area contributed by atoms with Crippen molar-refractivity contribution in [3.63, 3.8) is 0 Å². The molecule has 0 bridgehead atoms. The number of aliphatic hydroxyl groups is 1. The summed E-state index contributed by atoms with van der Waals surface area (Å²) in [6.45, 7) is 9.90. The number of ether oxygens (including phenoxy) is 2. The van der Waals surface area contributed by atoms with Gasteiger partial charge in [-0.2, -0.15) is 0 Å². The van der Waals surface area contributed by atoms with Gasteiger partial charge < -0.3 is 25.0 Å². The van der Waals surface area contributed by atoms with Crippen molar-refractivity contribution in [3.05, 3.63) is 23.8 Å². The van der Waals surface area contributed by atoms with Crippen LogP contribution >= 0.6 is 12.4 Å². The maximum absolute atomic E-state index is 11.1. The minimum atomic E-state index is -0.833. The normalized spacial score (nSPS) is 11.2. The molecule has 0 aliphatic rings. The van der Waals surface area contributed by atoms with Gasteiger partial charge in [-0.05, 0) is 38.5 Å². The maximum Gasteiger partial charge on any atom is 0.308 e. The number of β-amino-alcohol motifs (C(OH)–C–C–N with tert-alkyl or cyclic N) is 1. The number of benzene rings is 1. The fourth-order valence-electron chi connectivity index (χ4n) is 1.76. The largest absolute Gasteiger partial charge is 0.481 e. The predicted molar refractivity (Wildman–Crippen MR) is 102 cm³/mol. The number of rotatable bonds is 5. The molecule has 9 heteroatoms. The number of carbonyl (C=O) groups excluding carboxylic acids is 2. The number of hydrogen-bond donors (Lipinski definition) is 3. The van der Waals surface area contributed by atoms with Crippen molar-refractivity contribution in [2.75, 3.05) is 6.54 Å². The van der Waals surface area contributed by atoms with E-state index in [4.69, 9.17) is 19.4 Å². The SMILES string of the molecule is CC(=O)O.CC(=O)Oc1cc(OC(C)=O)cc(C(O)CNC(C)(C)C)c1.Cl. The Morgan fingerprint density at radius 1 is 1.00 bits per heavy atom. The highest BCUT2D eigenvalue weighted by Crippen LogP contribution is 2.27. The lowest BCUT2D eigenvalue weighted by atomic mass is 10.1. The quantitative estimate of drug-likeness (QED) is 0.504. The highest BCUT2D eigenvalue weighted by atomic mass is 35.5. The van der Waals surface area contributed by atoms with Gasteiger partial charge in [0.15, 0.2) is 0 Å². The molecule has 8 nitrogen and oxygen atoms in total. The van der Waals surface area contributed by atoms with Crippen LogP contribution in [0.3, 0.4) is 0 Å². The number of nitrogens with one attached hydrogen (secondary N) is 1. The van der Waals surface area contributed by atoms with E-state index in [9.17, 15) is 14.7 Å². The van der Waals surface area contributed by atoms with E-state index >= 15 is 0 Å². The second-order valence-electron chi connectivity index (χ2n) is 6.59. The Morgan fingerprint density at radius 3 is 1.67 bits per heavy atom. The van der Waals surface area contributed by atoms with Gasteiger partial charge in [-0.15, -0.1) is 12.4 Å². The molecule has 154 valence electrons. The number of esters is 2. The van der Waals surface area contributed by atoms with Gasteiger partial charge in [0.1, 0.15) is 11.5 Å². The average Bonchev–Trinajstić information content (AvgIpc) is 2.41. The minimum absolute atomic E-state index is 0. The van der Waals surface area contributed by atoms with Crippen LogP contribution in [-0.4, -0.2) is 40.2 Å². The monoisotopic (exact) mass is 405 g/mol. The number of aliphatic carboxylic acids is 1. The molecule has 1 rings (SSSR count). The first-order valence-electron chi connectivity index (χ1n) is 7.94. The molecule has 1 atom stereocenters. The third kappa shape index (κ3) is 14.7. The molecule has 0 radical (unpaired) electrons. The van der Waals surface area contributed by atoms with Gasteiger partial charge in [-0.25, -0.2) is 0 Å². The van der Waals surface area contributed by atoms with Gasteiger partial charge >= 0.3 is 11.9 Å². The third-order valence-electron chi connectivity index (χ3n) is 2.64. The lowest BCUT2D eigenvalue weighted by Gasteiger charge is -2.23. The molecular formula is C18H28ClNO7. The Labute approximate surface area is 165 Å². The fraction of sp³-hybridized carbons (Fsp3) is 0.500. The van der Waals surface area contributed by atoms with Crippen LogP contribution in [0.25, 0.3) is 0 Å². The molecule has 27 heavy (non-hydrogen) atoms. The molecule has 1 aromatic carbocycles. The zero-order chi connectivity index (χ0) is 20.5. The molecule has 0 aromatic heterocycles. The molecule has 1 unspecified atom stereocenters. The van der Waals surface area contributed by atoms with Crippen molar-refractivity contribution >= 4 is 30.3 Å². The first kappa shape index (κ1) is 27.1. The second kappa shape index (κ2) is 12.3. The molecule has 0 amide bonds. The van der Waals surface area contributed by atoms with Crippen LogP contribution in [0.4, 0.5) is 0 Å². The molecule has 0 heterocycles. The number of carbonyl (C=O) groups is 3. The molecule has 0 aliphatic heterocycles. The van der Waals surface area contributed by atoms with E-state index in [1.807, 2.05) is 20.8 Å². The van der Waals surface area contributed by atoms with Crippen molar-refractivity contribution in [1.29, 1.82) is 0 Å². The van der Waals surface area contributed by atoms with Crippen LogP contribution in [0, 0.1) is 0 Å². The summed E-state index contributed by atoms with van der Waals surface area (Å²) >= 11 is 0. The van der Waals surface area contributed by atoms with Gasteiger partial charge in [0.05, 0.1) is 6.10 Å². The summed E-state index contributed by atoms with van der Waals surface area (Å²) in [6, 6.07) is 4.52. The van der Waals surface area contributed by atoms with E-state index in [1.54, 1.807) is 12.1 Å². The summed E-state index contributed by atoms with van der Waals surface area (Å²) in [5, 5.41) is 20.8. The summed E-state index contributed by atoms with van der Waals surface area (Å²) in [4.78, 5) is 31.2. The van der Waals surface area contributed by atoms with Gasteiger partial charge in [0.2, 0.25) is 0 Å². The van der Waals surface area contributed by atoms with Crippen molar-refractivity contribution in [3.8, 4) is 11.5 Å². The second-order valence-corrected chi connectivity index (χ2v) is 6.59. The zero-order valence-corrected chi connectivity index (χ0v) is 17.2. The summed E-state index contributed by atoms with van der Waals surface area (Å²) in [5.41, 5.74) is 0.347. The average molecular weight is 406 g/mol. The lowest BCUT2D eigenvalue weighted by Crippen LogP contribution is -2.38. The smallest absolute Gasteiger partial charge is 0.308 e. The Balaban J connectivity index is 0. The molecule has 0 aliphatic carbocycles. The van der Waals surface area contributed by atoms with Crippen LogP contribution in [0.15, 0.2) is 18.2 Å². The highest BCUT2D eigenvalue weighted by molar-refractivity contribution is 5.85. The number of hydrogen-bond acceptors (Lipinski definition) is 7. The van der Waals surface area contributed by atoms with E-state index in [-0.39, 0.29) is 29.4 Å². The van der Waals surface area contributed by atoms with E-state index in [2.05, 4.69) is 5.32 Å². The molecule has 0 saturated heterocycles. The van der Waals surface area contributed by atoms with Gasteiger partial charge in [-0.1, -0.05) is 0 Å². The molecule has 0 spiro atoms. The standard InChI is InChI=1S/C16H23NO5.C2H4O2.ClH/c1-10(18)21-13-6-12(7-14(8-13)22-11(2)19)15(20)9-17-16(3,4)5;1-2(3)4;/h6-8,15,17,20H,9H2,1-5H3;1H3,(H,3,4);1H. The van der Waals surface area contributed by atoms with Crippen molar-refractivity contribution in [2.24, 2.45) is 0 Å². The van der Waals surface area contributed by atoms with Crippen LogP contribution in [0.1, 0.15) is 53.2 Å². The Kier molecular flexibility index (Phi) is 12.3. The molecule has 0 saturated carbocycles. The minimum Gasteiger partial charge on any atom is -0.481 e. The Morgan fingerprint density at radius 2 is 1.37 bits per heavy atom. The van der Waals surface area contributed by atoms with Crippen molar-refractivity contribution < 1.29 is 34.1 Å². The van der Waals surface area contributed by atoms with Crippen LogP contribution in [-0.2, 0) is 14.4 Å². The summed E-state index contributed by atoms with van der Waals surface area (Å²) in [6.07, 6.45) is -0.830. The first-order chi connectivity index (χ1) is 11.8. The summed E-state index contributed by atoms with van der Waals surface area (Å²) in [5.74, 6) is -1.38. The van der Waals surface area contributed by atoms with E-state index in [0.29, 0.717) is 12.1 Å². The number of aliphatic hydroxyl groups excluding tert-OH is 1. The molecule has 1 aromatic rings. The van der Waals surface area contributed by atoms with E-state index < -0.39 is 24.0 Å². The number of carboxylic acids is 1. The maximum atomic E-state index is 11.1. The van der Waals surface area contributed by atoms with Crippen LogP contribution in [0.5, 0.6) is 11.5 Å². The Hall–Kier alpha value is -2.16. The third-order valence-corrected chi connectivity index (χ3v) is 2.64. The summed E-state index contributed by atoms with van der Waals surface area (Å²) in [7, 11) is 0. The van der Waals surface area contributed by atoms with Crippen molar-refractivity contribution in [1.82, 2.24) is 5.32 Å². The van der Waals surface area contributed by atoms with Crippen molar-refractivity contribution in [2.45, 2.75) is 53.2 Å². The van der Waals surface area contributed by atoms with Crippen LogP contribution < -0.4 is 14.8 Å². The summed E-state index contributed by atoms with van der Waals surface area (Å²) < 4.78 is 10.0. The van der Waals surface area contributed by atoms with E-state index in [0.717, 1.165) is 6.92 Å². The topological polar surface area (TPSA) is 122 Å². The molecule has 0 fully saturated rings. The predicted octanol–water partition coefficient (Wildman–Crippen LogP) is 2.47. The zero-order valence-electron chi connectivity index (χ0n) is 16.4. The fourth-order valence-corrected chi connectivity index (χ4v) is 1.76. The van der Waals surface area contributed by atoms with Crippen LogP contribution in [0.2, 0.25) is 0 Å². The van der Waals surface area contributed by atoms with Gasteiger partial charge in [0, 0.05) is 38.9 Å². The Bertz CT molecular complexity index is 603. The number of carboxylic acid groups (broad SMARTS) is 1. The lowest BCUT2D eigenvalue weighted by molar-refractivity contribution is -0.135. The first-order valence-corrected chi connectivity index (χ1v) is 7.94. The molecule has 3 N–H and O–H groups in total.